The topological polar surface area (TPSA) is 66.4 Å². The van der Waals surface area contributed by atoms with Gasteiger partial charge in [-0.15, -0.1) is 11.3 Å². The molecular formula is C17H21NO3S. The van der Waals surface area contributed by atoms with Crippen LogP contribution in [0.1, 0.15) is 31.6 Å². The fourth-order valence-electron chi connectivity index (χ4n) is 4.31. The van der Waals surface area contributed by atoms with Gasteiger partial charge in [-0.1, -0.05) is 17.2 Å². The van der Waals surface area contributed by atoms with Gasteiger partial charge in [0.2, 0.25) is 5.91 Å². The minimum Gasteiger partial charge on any atom is -0.481 e. The maximum atomic E-state index is 12.6. The number of allylic oxidation sites excluding steroid dienone is 2. The highest BCUT2D eigenvalue weighted by Gasteiger charge is 2.57. The maximum absolute atomic E-state index is 12.6. The molecule has 4 atom stereocenters. The molecule has 2 saturated carbocycles. The van der Waals surface area contributed by atoms with E-state index in [0.29, 0.717) is 6.54 Å². The van der Waals surface area contributed by atoms with Gasteiger partial charge in [0.15, 0.2) is 0 Å². The number of amides is 1. The first-order valence-electron chi connectivity index (χ1n) is 7.71. The predicted octanol–water partition coefficient (Wildman–Crippen LogP) is 3.06. The molecule has 0 aromatic carbocycles. The lowest BCUT2D eigenvalue weighted by Gasteiger charge is -2.26. The van der Waals surface area contributed by atoms with Crippen LogP contribution >= 0.6 is 11.3 Å². The number of aliphatic carboxylic acids is 1. The molecule has 2 aliphatic carbocycles. The van der Waals surface area contributed by atoms with Gasteiger partial charge in [0, 0.05) is 4.88 Å². The van der Waals surface area contributed by atoms with E-state index >= 15 is 0 Å². The third-order valence-corrected chi connectivity index (χ3v) is 5.90. The van der Waals surface area contributed by atoms with Crippen molar-refractivity contribution in [2.75, 3.05) is 0 Å². The van der Waals surface area contributed by atoms with Gasteiger partial charge in [-0.05, 0) is 50.0 Å². The largest absolute Gasteiger partial charge is 0.481 e. The number of hydrogen-bond donors (Lipinski definition) is 2. The molecular weight excluding hydrogens is 298 g/mol. The highest BCUT2D eigenvalue weighted by molar-refractivity contribution is 7.09. The second-order valence-electron chi connectivity index (χ2n) is 6.43. The highest BCUT2D eigenvalue weighted by Crippen LogP contribution is 2.57. The standard InChI is InChI=1S/C17H21NO3S/c1-9(2)13-11-5-6-12(13)15(17(20)21)14(11)16(19)18-8-10-4-3-7-22-10/h3-4,7,11-12,14-15H,5-6,8H2,1-2H3,(H,18,19)(H,20,21)/t11-,12+,14+,15-/m0/s1. The van der Waals surface area contributed by atoms with Crippen molar-refractivity contribution in [1.82, 2.24) is 5.32 Å². The second kappa shape index (κ2) is 5.88. The van der Waals surface area contributed by atoms with Gasteiger partial charge in [-0.25, -0.2) is 0 Å². The number of carboxylic acids is 1. The summed E-state index contributed by atoms with van der Waals surface area (Å²) in [5, 5.41) is 14.5. The molecule has 1 aromatic heterocycles. The Balaban J connectivity index is 1.80. The summed E-state index contributed by atoms with van der Waals surface area (Å²) in [6, 6.07) is 3.92. The van der Waals surface area contributed by atoms with E-state index in [-0.39, 0.29) is 17.7 Å². The van der Waals surface area contributed by atoms with Crippen LogP contribution in [0.3, 0.4) is 0 Å². The van der Waals surface area contributed by atoms with Crippen LogP contribution in [0.4, 0.5) is 0 Å². The number of carbonyl (C=O) groups is 2. The Morgan fingerprint density at radius 1 is 1.27 bits per heavy atom. The van der Waals surface area contributed by atoms with Gasteiger partial charge >= 0.3 is 5.97 Å². The minimum atomic E-state index is -0.831. The summed E-state index contributed by atoms with van der Waals surface area (Å²) in [6.45, 7) is 4.55. The lowest BCUT2D eigenvalue weighted by molar-refractivity contribution is -0.149. The van der Waals surface area contributed by atoms with Crippen molar-refractivity contribution in [1.29, 1.82) is 0 Å². The minimum absolute atomic E-state index is 0.0463. The van der Waals surface area contributed by atoms with E-state index in [2.05, 4.69) is 5.32 Å². The molecule has 118 valence electrons. The number of carbonyl (C=O) groups excluding carboxylic acids is 1. The van der Waals surface area contributed by atoms with Crippen molar-refractivity contribution in [3.8, 4) is 0 Å². The van der Waals surface area contributed by atoms with E-state index in [1.54, 1.807) is 11.3 Å². The molecule has 3 rings (SSSR count). The van der Waals surface area contributed by atoms with Gasteiger partial charge < -0.3 is 10.4 Å². The summed E-state index contributed by atoms with van der Waals surface area (Å²) < 4.78 is 0. The second-order valence-corrected chi connectivity index (χ2v) is 7.46. The number of fused-ring (bicyclic) bond motifs is 2. The van der Waals surface area contributed by atoms with Crippen molar-refractivity contribution in [3.63, 3.8) is 0 Å². The van der Waals surface area contributed by atoms with Gasteiger partial charge in [0.05, 0.1) is 18.4 Å². The van der Waals surface area contributed by atoms with E-state index in [9.17, 15) is 14.7 Å². The van der Waals surface area contributed by atoms with Crippen molar-refractivity contribution >= 4 is 23.2 Å². The van der Waals surface area contributed by atoms with Crippen molar-refractivity contribution in [3.05, 3.63) is 33.5 Å². The Labute approximate surface area is 134 Å². The van der Waals surface area contributed by atoms with Gasteiger partial charge in [-0.3, -0.25) is 9.59 Å². The van der Waals surface area contributed by atoms with Crippen LogP contribution in [-0.2, 0) is 16.1 Å². The molecule has 0 spiro atoms. The summed E-state index contributed by atoms with van der Waals surface area (Å²) in [5.41, 5.74) is 2.41. The molecule has 2 aliphatic rings. The maximum Gasteiger partial charge on any atom is 0.307 e. The predicted molar refractivity (Wildman–Crippen MR) is 85.4 cm³/mol. The smallest absolute Gasteiger partial charge is 0.307 e. The third-order valence-electron chi connectivity index (χ3n) is 5.02. The van der Waals surface area contributed by atoms with Crippen molar-refractivity contribution < 1.29 is 14.7 Å². The molecule has 0 unspecified atom stereocenters. The lowest BCUT2D eigenvalue weighted by atomic mass is 9.79. The molecule has 2 fully saturated rings. The van der Waals surface area contributed by atoms with Crippen LogP contribution in [0.15, 0.2) is 28.7 Å². The average molecular weight is 319 g/mol. The van der Waals surface area contributed by atoms with Crippen LogP contribution in [0, 0.1) is 23.7 Å². The quantitative estimate of drug-likeness (QED) is 0.838. The Hall–Kier alpha value is -1.62. The fourth-order valence-corrected chi connectivity index (χ4v) is 4.95. The monoisotopic (exact) mass is 319 g/mol. The Bertz CT molecular complexity index is 616. The van der Waals surface area contributed by atoms with Gasteiger partial charge in [-0.2, -0.15) is 0 Å². The molecule has 1 amide bonds. The van der Waals surface area contributed by atoms with E-state index in [1.165, 1.54) is 11.1 Å². The van der Waals surface area contributed by atoms with Crippen LogP contribution in [0.25, 0.3) is 0 Å². The molecule has 22 heavy (non-hydrogen) atoms. The van der Waals surface area contributed by atoms with E-state index in [1.807, 2.05) is 31.4 Å². The Morgan fingerprint density at radius 2 is 1.95 bits per heavy atom. The SMILES string of the molecule is CC(C)=C1[C@H]2CC[C@@H]1[C@@H](C(=O)NCc1cccs1)[C@H]2C(=O)O. The zero-order valence-corrected chi connectivity index (χ0v) is 13.7. The summed E-state index contributed by atoms with van der Waals surface area (Å²) in [4.78, 5) is 25.4. The summed E-state index contributed by atoms with van der Waals surface area (Å²) in [6.07, 6.45) is 1.84. The normalized spacial score (nSPS) is 29.6. The van der Waals surface area contributed by atoms with E-state index in [0.717, 1.165) is 17.7 Å². The van der Waals surface area contributed by atoms with Crippen molar-refractivity contribution in [2.24, 2.45) is 23.7 Å². The zero-order chi connectivity index (χ0) is 15.9. The van der Waals surface area contributed by atoms with Gasteiger partial charge in [0.25, 0.3) is 0 Å². The molecule has 0 radical (unpaired) electrons. The molecule has 0 saturated heterocycles. The highest BCUT2D eigenvalue weighted by atomic mass is 32.1. The first-order valence-corrected chi connectivity index (χ1v) is 8.58. The molecule has 2 N–H and O–H groups in total. The van der Waals surface area contributed by atoms with Crippen LogP contribution in [0.5, 0.6) is 0 Å². The first kappa shape index (κ1) is 15.3. The molecule has 1 heterocycles. The number of rotatable bonds is 4. The molecule has 5 heteroatoms. The van der Waals surface area contributed by atoms with Crippen LogP contribution in [-0.4, -0.2) is 17.0 Å². The molecule has 4 nitrogen and oxygen atoms in total. The summed E-state index contributed by atoms with van der Waals surface area (Å²) >= 11 is 1.59. The molecule has 0 aliphatic heterocycles. The Kier molecular flexibility index (Phi) is 4.08. The van der Waals surface area contributed by atoms with E-state index < -0.39 is 17.8 Å². The fraction of sp³-hybridized carbons (Fsp3) is 0.529. The van der Waals surface area contributed by atoms with Crippen LogP contribution < -0.4 is 5.32 Å². The van der Waals surface area contributed by atoms with Gasteiger partial charge in [0.1, 0.15) is 0 Å². The summed E-state index contributed by atoms with van der Waals surface area (Å²) in [7, 11) is 0. The molecule has 1 aromatic rings. The van der Waals surface area contributed by atoms with Crippen molar-refractivity contribution in [2.45, 2.75) is 33.2 Å². The number of thiophene rings is 1. The third kappa shape index (κ3) is 2.47. The Morgan fingerprint density at radius 3 is 2.50 bits per heavy atom. The van der Waals surface area contributed by atoms with E-state index in [4.69, 9.17) is 0 Å². The lowest BCUT2D eigenvalue weighted by Crippen LogP contribution is -2.40. The van der Waals surface area contributed by atoms with Crippen LogP contribution in [0.2, 0.25) is 0 Å². The summed E-state index contributed by atoms with van der Waals surface area (Å²) in [5.74, 6) is -1.76. The average Bonchev–Trinajstić information content (AvgIpc) is 3.17. The number of carboxylic acid groups (broad SMARTS) is 1. The molecule has 2 bridgehead atoms. The first-order chi connectivity index (χ1) is 10.5. The zero-order valence-electron chi connectivity index (χ0n) is 12.8. The number of hydrogen-bond acceptors (Lipinski definition) is 3. The number of nitrogens with one attached hydrogen (secondary N) is 1.